The van der Waals surface area contributed by atoms with Gasteiger partial charge in [0.1, 0.15) is 5.75 Å². The molecular weight excluding hydrogens is 324 g/mol. The molecule has 0 bridgehead atoms. The molecular formula is C18H20N2O5. The molecule has 0 aliphatic carbocycles. The second-order valence-corrected chi connectivity index (χ2v) is 5.35. The number of ether oxygens (including phenoxy) is 2. The van der Waals surface area contributed by atoms with Crippen LogP contribution in [0.5, 0.6) is 11.5 Å². The summed E-state index contributed by atoms with van der Waals surface area (Å²) in [4.78, 5) is 23.0. The van der Waals surface area contributed by atoms with E-state index in [4.69, 9.17) is 9.47 Å². The van der Waals surface area contributed by atoms with Crippen molar-refractivity contribution in [3.05, 3.63) is 63.7 Å². The molecule has 25 heavy (non-hydrogen) atoms. The number of hydrogen-bond acceptors (Lipinski definition) is 5. The zero-order valence-electron chi connectivity index (χ0n) is 14.3. The maximum Gasteiger partial charge on any atom is 0.311 e. The van der Waals surface area contributed by atoms with E-state index in [1.54, 1.807) is 7.11 Å². The SMILES string of the molecule is CCC(NC(=O)c1ccc(OC)c([N+](=O)[O-])c1)c1ccc(OC)cc1. The summed E-state index contributed by atoms with van der Waals surface area (Å²) in [5.41, 5.74) is 0.895. The van der Waals surface area contributed by atoms with Gasteiger partial charge in [0.2, 0.25) is 0 Å². The fraction of sp³-hybridized carbons (Fsp3) is 0.278. The van der Waals surface area contributed by atoms with Gasteiger partial charge in [0.05, 0.1) is 25.2 Å². The van der Waals surface area contributed by atoms with Gasteiger partial charge in [-0.3, -0.25) is 14.9 Å². The van der Waals surface area contributed by atoms with Crippen LogP contribution in [0.1, 0.15) is 35.3 Å². The Hall–Kier alpha value is -3.09. The van der Waals surface area contributed by atoms with Crippen LogP contribution in [0, 0.1) is 10.1 Å². The quantitative estimate of drug-likeness (QED) is 0.613. The minimum Gasteiger partial charge on any atom is -0.497 e. The van der Waals surface area contributed by atoms with E-state index in [0.29, 0.717) is 6.42 Å². The van der Waals surface area contributed by atoms with Gasteiger partial charge >= 0.3 is 5.69 Å². The second-order valence-electron chi connectivity index (χ2n) is 5.35. The Morgan fingerprint density at radius 2 is 1.84 bits per heavy atom. The third-order valence-corrected chi connectivity index (χ3v) is 3.87. The highest BCUT2D eigenvalue weighted by Gasteiger charge is 2.20. The van der Waals surface area contributed by atoms with Gasteiger partial charge in [-0.25, -0.2) is 0 Å². The number of nitro benzene ring substituents is 1. The average molecular weight is 344 g/mol. The second kappa shape index (κ2) is 8.14. The van der Waals surface area contributed by atoms with Crippen molar-refractivity contribution in [2.75, 3.05) is 14.2 Å². The molecule has 0 fully saturated rings. The Morgan fingerprint density at radius 3 is 2.36 bits per heavy atom. The Bertz CT molecular complexity index is 759. The molecule has 1 N–H and O–H groups in total. The number of nitrogens with one attached hydrogen (secondary N) is 1. The van der Waals surface area contributed by atoms with E-state index in [1.165, 1.54) is 25.3 Å². The highest BCUT2D eigenvalue weighted by atomic mass is 16.6. The van der Waals surface area contributed by atoms with Crippen LogP contribution in [0.4, 0.5) is 5.69 Å². The van der Waals surface area contributed by atoms with Crippen molar-refractivity contribution >= 4 is 11.6 Å². The van der Waals surface area contributed by atoms with Crippen LogP contribution in [-0.2, 0) is 0 Å². The summed E-state index contributed by atoms with van der Waals surface area (Å²) < 4.78 is 10.1. The molecule has 7 nitrogen and oxygen atoms in total. The predicted molar refractivity (Wildman–Crippen MR) is 93.1 cm³/mol. The number of nitro groups is 1. The molecule has 1 atom stereocenters. The highest BCUT2D eigenvalue weighted by molar-refractivity contribution is 5.95. The number of methoxy groups -OCH3 is 2. The normalized spacial score (nSPS) is 11.5. The highest BCUT2D eigenvalue weighted by Crippen LogP contribution is 2.28. The summed E-state index contributed by atoms with van der Waals surface area (Å²) in [5, 5.41) is 14.0. The zero-order valence-corrected chi connectivity index (χ0v) is 14.3. The van der Waals surface area contributed by atoms with Crippen LogP contribution in [-0.4, -0.2) is 25.1 Å². The molecule has 2 aromatic carbocycles. The van der Waals surface area contributed by atoms with Gasteiger partial charge < -0.3 is 14.8 Å². The minimum absolute atomic E-state index is 0.115. The fourth-order valence-electron chi connectivity index (χ4n) is 2.47. The lowest BCUT2D eigenvalue weighted by atomic mass is 10.0. The molecule has 7 heteroatoms. The maximum atomic E-state index is 12.5. The summed E-state index contributed by atoms with van der Waals surface area (Å²) in [7, 11) is 2.93. The molecule has 0 saturated carbocycles. The van der Waals surface area contributed by atoms with E-state index in [-0.39, 0.29) is 28.9 Å². The van der Waals surface area contributed by atoms with Crippen molar-refractivity contribution in [2.45, 2.75) is 19.4 Å². The van der Waals surface area contributed by atoms with Gasteiger partial charge in [-0.1, -0.05) is 19.1 Å². The third-order valence-electron chi connectivity index (χ3n) is 3.87. The summed E-state index contributed by atoms with van der Waals surface area (Å²) in [6.07, 6.45) is 0.677. The lowest BCUT2D eigenvalue weighted by Crippen LogP contribution is -2.28. The topological polar surface area (TPSA) is 90.7 Å². The minimum atomic E-state index is -0.573. The molecule has 2 rings (SSSR count). The number of rotatable bonds is 7. The monoisotopic (exact) mass is 344 g/mol. The van der Waals surface area contributed by atoms with Crippen LogP contribution < -0.4 is 14.8 Å². The first-order valence-corrected chi connectivity index (χ1v) is 7.77. The molecule has 1 amide bonds. The van der Waals surface area contributed by atoms with Gasteiger partial charge in [0.15, 0.2) is 5.75 Å². The Kier molecular flexibility index (Phi) is 5.94. The van der Waals surface area contributed by atoms with Crippen molar-refractivity contribution in [2.24, 2.45) is 0 Å². The largest absolute Gasteiger partial charge is 0.497 e. The van der Waals surface area contributed by atoms with Gasteiger partial charge in [-0.05, 0) is 36.2 Å². The van der Waals surface area contributed by atoms with Crippen molar-refractivity contribution < 1.29 is 19.2 Å². The number of benzene rings is 2. The number of amides is 1. The Morgan fingerprint density at radius 1 is 1.16 bits per heavy atom. The van der Waals surface area contributed by atoms with E-state index in [9.17, 15) is 14.9 Å². The first-order chi connectivity index (χ1) is 12.0. The van der Waals surface area contributed by atoms with Crippen molar-refractivity contribution in [3.8, 4) is 11.5 Å². The number of hydrogen-bond donors (Lipinski definition) is 1. The van der Waals surface area contributed by atoms with Crippen LogP contribution >= 0.6 is 0 Å². The van der Waals surface area contributed by atoms with Crippen molar-refractivity contribution in [1.82, 2.24) is 5.32 Å². The lowest BCUT2D eigenvalue weighted by molar-refractivity contribution is -0.385. The molecule has 0 aliphatic rings. The Balaban J connectivity index is 2.21. The molecule has 0 aromatic heterocycles. The summed E-state index contributed by atoms with van der Waals surface area (Å²) in [6, 6.07) is 11.3. The molecule has 132 valence electrons. The maximum absolute atomic E-state index is 12.5. The van der Waals surface area contributed by atoms with Gasteiger partial charge in [0.25, 0.3) is 5.91 Å². The lowest BCUT2D eigenvalue weighted by Gasteiger charge is -2.18. The first-order valence-electron chi connectivity index (χ1n) is 7.77. The molecule has 0 spiro atoms. The molecule has 0 radical (unpaired) electrons. The van der Waals surface area contributed by atoms with E-state index in [0.717, 1.165) is 11.3 Å². The summed E-state index contributed by atoms with van der Waals surface area (Å²) >= 11 is 0. The van der Waals surface area contributed by atoms with Gasteiger partial charge in [-0.15, -0.1) is 0 Å². The summed E-state index contributed by atoms with van der Waals surface area (Å²) in [6.45, 7) is 1.95. The fourth-order valence-corrected chi connectivity index (χ4v) is 2.47. The zero-order chi connectivity index (χ0) is 18.4. The van der Waals surface area contributed by atoms with E-state index >= 15 is 0 Å². The predicted octanol–water partition coefficient (Wildman–Crippen LogP) is 3.49. The number of carbonyl (C=O) groups is 1. The molecule has 2 aromatic rings. The Labute approximate surface area is 145 Å². The van der Waals surface area contributed by atoms with Crippen molar-refractivity contribution in [1.29, 1.82) is 0 Å². The van der Waals surface area contributed by atoms with Crippen LogP contribution in [0.15, 0.2) is 42.5 Å². The molecule has 0 heterocycles. The van der Waals surface area contributed by atoms with Crippen LogP contribution in [0.3, 0.4) is 0 Å². The van der Waals surface area contributed by atoms with E-state index in [1.807, 2.05) is 31.2 Å². The molecule has 0 saturated heterocycles. The van der Waals surface area contributed by atoms with Gasteiger partial charge in [-0.2, -0.15) is 0 Å². The van der Waals surface area contributed by atoms with Gasteiger partial charge in [0, 0.05) is 11.6 Å². The molecule has 1 unspecified atom stereocenters. The van der Waals surface area contributed by atoms with Crippen LogP contribution in [0.2, 0.25) is 0 Å². The van der Waals surface area contributed by atoms with E-state index < -0.39 is 4.92 Å². The average Bonchev–Trinajstić information content (AvgIpc) is 2.65. The van der Waals surface area contributed by atoms with Crippen LogP contribution in [0.25, 0.3) is 0 Å². The standard InChI is InChI=1S/C18H20N2O5/c1-4-15(12-5-8-14(24-2)9-6-12)19-18(21)13-7-10-17(25-3)16(11-13)20(22)23/h5-11,15H,4H2,1-3H3,(H,19,21). The molecule has 0 aliphatic heterocycles. The smallest absolute Gasteiger partial charge is 0.311 e. The first kappa shape index (κ1) is 18.3. The summed E-state index contributed by atoms with van der Waals surface area (Å²) in [5.74, 6) is 0.466. The van der Waals surface area contributed by atoms with Crippen molar-refractivity contribution in [3.63, 3.8) is 0 Å². The number of nitrogens with zero attached hydrogens (tertiary/aromatic N) is 1. The van der Waals surface area contributed by atoms with E-state index in [2.05, 4.69) is 5.32 Å². The third kappa shape index (κ3) is 4.26. The number of carbonyl (C=O) groups excluding carboxylic acids is 1.